The molecular formula is C9H12O7. The molecule has 0 aliphatic rings. The van der Waals surface area contributed by atoms with Crippen LogP contribution in [0.15, 0.2) is 0 Å². The Morgan fingerprint density at radius 2 is 1.75 bits per heavy atom. The number of carboxylic acids is 1. The summed E-state index contributed by atoms with van der Waals surface area (Å²) in [5.74, 6) is -3.84. The summed E-state index contributed by atoms with van der Waals surface area (Å²) in [4.78, 5) is 42.5. The summed E-state index contributed by atoms with van der Waals surface area (Å²) in [6, 6.07) is 0. The van der Waals surface area contributed by atoms with Gasteiger partial charge >= 0.3 is 23.9 Å². The smallest absolute Gasteiger partial charge is 0.354 e. The molecule has 0 rings (SSSR count). The molecule has 0 amide bonds. The van der Waals surface area contributed by atoms with E-state index in [0.717, 1.165) is 6.92 Å². The maximum absolute atomic E-state index is 11.1. The lowest BCUT2D eigenvalue weighted by atomic mass is 10.3. The Bertz CT molecular complexity index is 307. The van der Waals surface area contributed by atoms with Crippen molar-refractivity contribution < 1.29 is 33.8 Å². The maximum Gasteiger partial charge on any atom is 0.354 e. The average molecular weight is 232 g/mol. The lowest BCUT2D eigenvalue weighted by Gasteiger charge is -2.09. The monoisotopic (exact) mass is 232 g/mol. The third-order valence-corrected chi connectivity index (χ3v) is 1.43. The van der Waals surface area contributed by atoms with Gasteiger partial charge in [-0.1, -0.05) is 0 Å². The number of hydrogen-bond acceptors (Lipinski definition) is 6. The molecule has 0 spiro atoms. The molecule has 90 valence electrons. The van der Waals surface area contributed by atoms with Gasteiger partial charge in [0.1, 0.15) is 0 Å². The summed E-state index contributed by atoms with van der Waals surface area (Å²) in [6.45, 7) is 2.35. The van der Waals surface area contributed by atoms with Crippen LogP contribution in [0.25, 0.3) is 0 Å². The molecule has 0 aromatic heterocycles. The average Bonchev–Trinajstić information content (AvgIpc) is 2.13. The summed E-state index contributed by atoms with van der Waals surface area (Å²) in [6.07, 6.45) is -2.02. The van der Waals surface area contributed by atoms with Crippen LogP contribution in [0.3, 0.4) is 0 Å². The van der Waals surface area contributed by atoms with Gasteiger partial charge in [-0.25, -0.2) is 4.79 Å². The highest BCUT2D eigenvalue weighted by atomic mass is 16.6. The van der Waals surface area contributed by atoms with Crippen molar-refractivity contribution >= 4 is 23.9 Å². The van der Waals surface area contributed by atoms with Crippen LogP contribution < -0.4 is 0 Å². The number of aliphatic carboxylic acids is 1. The van der Waals surface area contributed by atoms with E-state index in [1.807, 2.05) is 0 Å². The fourth-order valence-corrected chi connectivity index (χ4v) is 0.752. The van der Waals surface area contributed by atoms with E-state index >= 15 is 0 Å². The maximum atomic E-state index is 11.1. The zero-order chi connectivity index (χ0) is 12.7. The predicted octanol–water partition coefficient (Wildman–Crippen LogP) is -0.127. The highest BCUT2D eigenvalue weighted by molar-refractivity contribution is 5.89. The molecule has 0 saturated carbocycles. The van der Waals surface area contributed by atoms with E-state index in [0.29, 0.717) is 0 Å². The van der Waals surface area contributed by atoms with Crippen molar-refractivity contribution in [3.8, 4) is 0 Å². The van der Waals surface area contributed by atoms with Gasteiger partial charge in [0.2, 0.25) is 0 Å². The van der Waals surface area contributed by atoms with Gasteiger partial charge in [-0.3, -0.25) is 14.4 Å². The number of carboxylic acid groups (broad SMARTS) is 1. The van der Waals surface area contributed by atoms with E-state index in [4.69, 9.17) is 5.11 Å². The van der Waals surface area contributed by atoms with Crippen molar-refractivity contribution in [3.63, 3.8) is 0 Å². The molecule has 1 unspecified atom stereocenters. The van der Waals surface area contributed by atoms with E-state index in [1.54, 1.807) is 0 Å². The molecule has 0 aliphatic carbocycles. The first-order valence-corrected chi connectivity index (χ1v) is 4.46. The van der Waals surface area contributed by atoms with E-state index < -0.39 is 42.8 Å². The number of hydrogen-bond donors (Lipinski definition) is 1. The molecular weight excluding hydrogens is 220 g/mol. The Morgan fingerprint density at radius 3 is 2.19 bits per heavy atom. The number of rotatable bonds is 5. The first-order valence-electron chi connectivity index (χ1n) is 4.46. The third-order valence-electron chi connectivity index (χ3n) is 1.43. The zero-order valence-corrected chi connectivity index (χ0v) is 8.89. The molecule has 0 aromatic rings. The molecule has 0 aliphatic heterocycles. The van der Waals surface area contributed by atoms with E-state index in [-0.39, 0.29) is 0 Å². The first-order chi connectivity index (χ1) is 7.32. The second kappa shape index (κ2) is 6.54. The SMILES string of the molecule is CC(=O)OC(C)C(=O)OC(=O)CCC(=O)O. The van der Waals surface area contributed by atoms with E-state index in [9.17, 15) is 19.2 Å². The first kappa shape index (κ1) is 14.1. The van der Waals surface area contributed by atoms with Crippen LogP contribution in [0.5, 0.6) is 0 Å². The van der Waals surface area contributed by atoms with Crippen molar-refractivity contribution in [1.29, 1.82) is 0 Å². The van der Waals surface area contributed by atoms with Crippen molar-refractivity contribution in [3.05, 3.63) is 0 Å². The van der Waals surface area contributed by atoms with Gasteiger partial charge in [-0.05, 0) is 6.92 Å². The van der Waals surface area contributed by atoms with Gasteiger partial charge in [0.05, 0.1) is 12.8 Å². The standard InChI is InChI=1S/C9H12O7/c1-5(15-6(2)10)9(14)16-8(13)4-3-7(11)12/h5H,3-4H2,1-2H3,(H,11,12). The van der Waals surface area contributed by atoms with Gasteiger partial charge in [0.25, 0.3) is 0 Å². The normalized spacial score (nSPS) is 11.4. The zero-order valence-electron chi connectivity index (χ0n) is 8.89. The molecule has 0 bridgehead atoms. The molecule has 0 saturated heterocycles. The quantitative estimate of drug-likeness (QED) is 0.519. The predicted molar refractivity (Wildman–Crippen MR) is 49.2 cm³/mol. The number of carbonyl (C=O) groups excluding carboxylic acids is 3. The highest BCUT2D eigenvalue weighted by Crippen LogP contribution is 1.99. The van der Waals surface area contributed by atoms with Crippen LogP contribution in [0, 0.1) is 0 Å². The molecule has 0 radical (unpaired) electrons. The van der Waals surface area contributed by atoms with Gasteiger partial charge in [-0.15, -0.1) is 0 Å². The molecule has 0 fully saturated rings. The minimum absolute atomic E-state index is 0.409. The number of ether oxygens (including phenoxy) is 2. The van der Waals surface area contributed by atoms with Crippen LogP contribution in [0.2, 0.25) is 0 Å². The number of esters is 3. The van der Waals surface area contributed by atoms with E-state index in [2.05, 4.69) is 9.47 Å². The van der Waals surface area contributed by atoms with Gasteiger partial charge in [0, 0.05) is 6.92 Å². The summed E-state index contributed by atoms with van der Waals surface area (Å²) in [5.41, 5.74) is 0. The second-order valence-electron chi connectivity index (χ2n) is 2.94. The molecule has 1 atom stereocenters. The Hall–Kier alpha value is -1.92. The minimum atomic E-state index is -1.19. The Labute approximate surface area is 91.3 Å². The lowest BCUT2D eigenvalue weighted by Crippen LogP contribution is -2.27. The number of carbonyl (C=O) groups is 4. The second-order valence-corrected chi connectivity index (χ2v) is 2.94. The fraction of sp³-hybridized carbons (Fsp3) is 0.556. The van der Waals surface area contributed by atoms with Crippen LogP contribution >= 0.6 is 0 Å². The van der Waals surface area contributed by atoms with Crippen LogP contribution in [-0.4, -0.2) is 35.1 Å². The molecule has 7 nitrogen and oxygen atoms in total. The topological polar surface area (TPSA) is 107 Å². The Kier molecular flexibility index (Phi) is 5.76. The Morgan fingerprint density at radius 1 is 1.19 bits per heavy atom. The summed E-state index contributed by atoms with van der Waals surface area (Å²) < 4.78 is 8.70. The molecule has 16 heavy (non-hydrogen) atoms. The van der Waals surface area contributed by atoms with E-state index in [1.165, 1.54) is 6.92 Å². The summed E-state index contributed by atoms with van der Waals surface area (Å²) in [7, 11) is 0. The minimum Gasteiger partial charge on any atom is -0.481 e. The third kappa shape index (κ3) is 6.52. The molecule has 0 heterocycles. The van der Waals surface area contributed by atoms with Crippen LogP contribution in [-0.2, 0) is 28.7 Å². The van der Waals surface area contributed by atoms with Crippen LogP contribution in [0.1, 0.15) is 26.7 Å². The van der Waals surface area contributed by atoms with Crippen molar-refractivity contribution in [1.82, 2.24) is 0 Å². The molecule has 7 heteroatoms. The fourth-order valence-electron chi connectivity index (χ4n) is 0.752. The van der Waals surface area contributed by atoms with Gasteiger partial charge in [-0.2, -0.15) is 0 Å². The van der Waals surface area contributed by atoms with Gasteiger partial charge < -0.3 is 14.6 Å². The van der Waals surface area contributed by atoms with Crippen molar-refractivity contribution in [2.45, 2.75) is 32.8 Å². The van der Waals surface area contributed by atoms with Crippen molar-refractivity contribution in [2.24, 2.45) is 0 Å². The molecule has 0 aromatic carbocycles. The Balaban J connectivity index is 3.99. The summed E-state index contributed by atoms with van der Waals surface area (Å²) in [5, 5.41) is 8.26. The van der Waals surface area contributed by atoms with Gasteiger partial charge in [0.15, 0.2) is 6.10 Å². The van der Waals surface area contributed by atoms with Crippen LogP contribution in [0.4, 0.5) is 0 Å². The largest absolute Gasteiger partial charge is 0.481 e. The molecule has 1 N–H and O–H groups in total. The summed E-state index contributed by atoms with van der Waals surface area (Å²) >= 11 is 0. The lowest BCUT2D eigenvalue weighted by molar-refractivity contribution is -0.172. The highest BCUT2D eigenvalue weighted by Gasteiger charge is 2.20. The van der Waals surface area contributed by atoms with Crippen molar-refractivity contribution in [2.75, 3.05) is 0 Å².